The Balaban J connectivity index is 1.56. The van der Waals surface area contributed by atoms with Gasteiger partial charge >= 0.3 is 12.3 Å². The summed E-state index contributed by atoms with van der Waals surface area (Å²) in [5.74, 6) is -0.464. The molecule has 0 saturated heterocycles. The molecule has 0 aliphatic carbocycles. The van der Waals surface area contributed by atoms with Crippen molar-refractivity contribution in [1.29, 1.82) is 0 Å². The number of carbonyl (C=O) groups is 1. The lowest BCUT2D eigenvalue weighted by molar-refractivity contribution is -0.274. The van der Waals surface area contributed by atoms with E-state index in [1.54, 1.807) is 26.1 Å². The first-order valence-corrected chi connectivity index (χ1v) is 11.0. The third-order valence-electron chi connectivity index (χ3n) is 5.70. The van der Waals surface area contributed by atoms with Gasteiger partial charge in [-0.15, -0.1) is 13.2 Å². The lowest BCUT2D eigenvalue weighted by Gasteiger charge is -2.22. The average Bonchev–Trinajstić information content (AvgIpc) is 3.35. The smallest absolute Gasteiger partial charge is 0.468 e. The number of alkyl halides is 3. The maximum Gasteiger partial charge on any atom is 0.573 e. The van der Waals surface area contributed by atoms with Gasteiger partial charge in [0.15, 0.2) is 0 Å². The quantitative estimate of drug-likeness (QED) is 0.322. The zero-order chi connectivity index (χ0) is 26.8. The molecular weight excluding hydrogens is 491 g/mol. The molecule has 2 heterocycles. The van der Waals surface area contributed by atoms with E-state index in [0.29, 0.717) is 11.1 Å². The zero-order valence-electron chi connectivity index (χ0n) is 20.1. The minimum Gasteiger partial charge on any atom is -0.468 e. The molecule has 2 aromatic heterocycles. The van der Waals surface area contributed by atoms with E-state index in [4.69, 9.17) is 9.26 Å². The number of hydrogen-bond acceptors (Lipinski definition) is 7. The van der Waals surface area contributed by atoms with Gasteiger partial charge in [0, 0.05) is 17.8 Å². The highest BCUT2D eigenvalue weighted by Gasteiger charge is 2.31. The fourth-order valence-corrected chi connectivity index (χ4v) is 3.67. The van der Waals surface area contributed by atoms with Crippen molar-refractivity contribution in [3.63, 3.8) is 0 Å². The number of methoxy groups -OCH3 is 1. The van der Waals surface area contributed by atoms with Gasteiger partial charge < -0.3 is 18.6 Å². The van der Waals surface area contributed by atoms with Crippen LogP contribution in [0.4, 0.5) is 13.2 Å². The predicted octanol–water partition coefficient (Wildman–Crippen LogP) is 4.96. The Morgan fingerprint density at radius 1 is 1.03 bits per heavy atom. The van der Waals surface area contributed by atoms with Gasteiger partial charge in [0.25, 0.3) is 11.4 Å². The van der Waals surface area contributed by atoms with Crippen LogP contribution in [0.1, 0.15) is 25.0 Å². The predicted molar refractivity (Wildman–Crippen MR) is 127 cm³/mol. The van der Waals surface area contributed by atoms with Crippen LogP contribution in [-0.2, 0) is 21.5 Å². The first-order chi connectivity index (χ1) is 17.5. The van der Waals surface area contributed by atoms with Crippen molar-refractivity contribution in [1.82, 2.24) is 14.7 Å². The molecule has 192 valence electrons. The van der Waals surface area contributed by atoms with Crippen LogP contribution in [0.25, 0.3) is 22.8 Å². The summed E-state index contributed by atoms with van der Waals surface area (Å²) in [6.45, 7) is 3.74. The van der Waals surface area contributed by atoms with Gasteiger partial charge in [0.2, 0.25) is 5.82 Å². The second-order valence-electron chi connectivity index (χ2n) is 8.70. The molecule has 11 heteroatoms. The van der Waals surface area contributed by atoms with Crippen molar-refractivity contribution < 1.29 is 32.0 Å². The molecule has 0 aliphatic rings. The number of aromatic nitrogens is 3. The van der Waals surface area contributed by atoms with Gasteiger partial charge in [-0.05, 0) is 55.3 Å². The van der Waals surface area contributed by atoms with E-state index in [1.165, 1.54) is 35.9 Å². The van der Waals surface area contributed by atoms with Crippen molar-refractivity contribution in [2.75, 3.05) is 7.11 Å². The standard InChI is InChI=1S/C26H22F3N3O5/c1-25(2,24(34)35-3)19-6-4-5-16(13-19)14-32-15-18(9-12-21(32)33)23-30-22(31-37-23)17-7-10-20(11-8-17)36-26(27,28)29/h4-13,15H,14H2,1-3H3. The highest BCUT2D eigenvalue weighted by Crippen LogP contribution is 2.28. The van der Waals surface area contributed by atoms with E-state index in [1.807, 2.05) is 18.2 Å². The molecule has 0 atom stereocenters. The van der Waals surface area contributed by atoms with E-state index < -0.39 is 11.8 Å². The lowest BCUT2D eigenvalue weighted by atomic mass is 9.84. The second kappa shape index (κ2) is 9.92. The van der Waals surface area contributed by atoms with E-state index in [0.717, 1.165) is 23.3 Å². The van der Waals surface area contributed by atoms with E-state index in [9.17, 15) is 22.8 Å². The minimum absolute atomic E-state index is 0.125. The molecule has 0 bridgehead atoms. The third kappa shape index (κ3) is 5.88. The van der Waals surface area contributed by atoms with Crippen molar-refractivity contribution >= 4 is 5.97 Å². The largest absolute Gasteiger partial charge is 0.573 e. The summed E-state index contributed by atoms with van der Waals surface area (Å²) in [7, 11) is 1.33. The molecule has 4 aromatic rings. The van der Waals surface area contributed by atoms with Crippen LogP contribution in [0, 0.1) is 0 Å². The number of carbonyl (C=O) groups excluding carboxylic acids is 1. The van der Waals surface area contributed by atoms with Gasteiger partial charge in [0.1, 0.15) is 5.75 Å². The van der Waals surface area contributed by atoms with Gasteiger partial charge in [-0.2, -0.15) is 4.98 Å². The Bertz CT molecular complexity index is 1470. The van der Waals surface area contributed by atoms with Crippen LogP contribution in [0.3, 0.4) is 0 Å². The molecule has 0 aliphatic heterocycles. The normalized spacial score (nSPS) is 11.8. The van der Waals surface area contributed by atoms with Crippen molar-refractivity contribution in [3.8, 4) is 28.6 Å². The summed E-state index contributed by atoms with van der Waals surface area (Å²) in [5, 5.41) is 3.89. The van der Waals surface area contributed by atoms with Crippen LogP contribution >= 0.6 is 0 Å². The molecule has 0 fully saturated rings. The SMILES string of the molecule is COC(=O)C(C)(C)c1cccc(Cn2cc(-c3nc(-c4ccc(OC(F)(F)F)cc4)no3)ccc2=O)c1. The molecule has 4 rings (SSSR count). The number of benzene rings is 2. The number of ether oxygens (including phenoxy) is 2. The highest BCUT2D eigenvalue weighted by atomic mass is 19.4. The van der Waals surface area contributed by atoms with Gasteiger partial charge in [-0.1, -0.05) is 29.4 Å². The molecule has 0 amide bonds. The molecule has 0 spiro atoms. The summed E-state index contributed by atoms with van der Waals surface area (Å²) in [5.41, 5.74) is 1.30. The van der Waals surface area contributed by atoms with Crippen molar-refractivity contribution in [2.45, 2.75) is 32.2 Å². The highest BCUT2D eigenvalue weighted by molar-refractivity contribution is 5.82. The summed E-state index contributed by atoms with van der Waals surface area (Å²) < 4.78 is 52.7. The number of pyridine rings is 1. The number of hydrogen-bond donors (Lipinski definition) is 0. The number of nitrogens with zero attached hydrogens (tertiary/aromatic N) is 3. The molecule has 0 unspecified atom stereocenters. The summed E-state index contributed by atoms with van der Waals surface area (Å²) >= 11 is 0. The maximum atomic E-state index is 12.5. The lowest BCUT2D eigenvalue weighted by Crippen LogP contribution is -2.30. The van der Waals surface area contributed by atoms with E-state index >= 15 is 0 Å². The number of esters is 1. The van der Waals surface area contributed by atoms with Crippen LogP contribution < -0.4 is 10.3 Å². The monoisotopic (exact) mass is 513 g/mol. The van der Waals surface area contributed by atoms with Gasteiger partial charge in [-0.3, -0.25) is 9.59 Å². The van der Waals surface area contributed by atoms with E-state index in [-0.39, 0.29) is 35.5 Å². The average molecular weight is 513 g/mol. The number of rotatable bonds is 7. The van der Waals surface area contributed by atoms with Crippen LogP contribution in [0.5, 0.6) is 5.75 Å². The Morgan fingerprint density at radius 2 is 1.73 bits per heavy atom. The molecule has 0 radical (unpaired) electrons. The third-order valence-corrected chi connectivity index (χ3v) is 5.70. The molecule has 0 N–H and O–H groups in total. The minimum atomic E-state index is -4.79. The summed E-state index contributed by atoms with van der Waals surface area (Å²) in [4.78, 5) is 29.0. The second-order valence-corrected chi connectivity index (χ2v) is 8.70. The first-order valence-electron chi connectivity index (χ1n) is 11.0. The molecule has 37 heavy (non-hydrogen) atoms. The molecular formula is C26H22F3N3O5. The van der Waals surface area contributed by atoms with Crippen molar-refractivity contribution in [2.24, 2.45) is 0 Å². The van der Waals surface area contributed by atoms with Crippen molar-refractivity contribution in [3.05, 3.63) is 88.3 Å². The van der Waals surface area contributed by atoms with Gasteiger partial charge in [-0.25, -0.2) is 0 Å². The zero-order valence-corrected chi connectivity index (χ0v) is 20.1. The first kappa shape index (κ1) is 25.7. The molecule has 8 nitrogen and oxygen atoms in total. The maximum absolute atomic E-state index is 12.5. The fourth-order valence-electron chi connectivity index (χ4n) is 3.67. The fraction of sp³-hybridized carbons (Fsp3) is 0.231. The molecule has 2 aromatic carbocycles. The summed E-state index contributed by atoms with van der Waals surface area (Å²) in [6, 6.07) is 15.3. The van der Waals surface area contributed by atoms with Crippen LogP contribution in [0.2, 0.25) is 0 Å². The number of halogens is 3. The Morgan fingerprint density at radius 3 is 2.41 bits per heavy atom. The van der Waals surface area contributed by atoms with Gasteiger partial charge in [0.05, 0.1) is 24.6 Å². The van der Waals surface area contributed by atoms with Crippen LogP contribution in [0.15, 0.2) is 76.2 Å². The Hall–Kier alpha value is -4.41. The Kier molecular flexibility index (Phi) is 6.88. The molecule has 0 saturated carbocycles. The van der Waals surface area contributed by atoms with E-state index in [2.05, 4.69) is 14.9 Å². The summed E-state index contributed by atoms with van der Waals surface area (Å²) in [6.07, 6.45) is -3.22. The van der Waals surface area contributed by atoms with Crippen LogP contribution in [-0.4, -0.2) is 34.1 Å². The Labute approximate surface area is 209 Å². The topological polar surface area (TPSA) is 96.5 Å².